The summed E-state index contributed by atoms with van der Waals surface area (Å²) in [6, 6.07) is 10.5. The minimum absolute atomic E-state index is 0.0318. The number of pyridine rings is 1. The summed E-state index contributed by atoms with van der Waals surface area (Å²) in [4.78, 5) is 20.2. The van der Waals surface area contributed by atoms with Gasteiger partial charge in [-0.25, -0.2) is 4.79 Å². The first-order valence-electron chi connectivity index (χ1n) is 9.08. The molecule has 1 N–H and O–H groups in total. The molecule has 3 rings (SSSR count). The number of benzene rings is 1. The summed E-state index contributed by atoms with van der Waals surface area (Å²) in [5.41, 5.74) is 3.03. The molecule has 1 fully saturated rings. The number of rotatable bonds is 5. The molecule has 1 aromatic carbocycles. The number of thioether (sulfide) groups is 1. The number of nitrogens with one attached hydrogen (secondary N) is 1. The van der Waals surface area contributed by atoms with Crippen molar-refractivity contribution in [2.75, 3.05) is 5.32 Å². The van der Waals surface area contributed by atoms with Gasteiger partial charge in [0.2, 0.25) is 0 Å². The van der Waals surface area contributed by atoms with E-state index in [0.717, 1.165) is 29.7 Å². The van der Waals surface area contributed by atoms with Gasteiger partial charge in [-0.15, -0.1) is 11.8 Å². The Morgan fingerprint density at radius 2 is 2.08 bits per heavy atom. The monoisotopic (exact) mass is 369 g/mol. The first-order chi connectivity index (χ1) is 12.3. The zero-order valence-electron chi connectivity index (χ0n) is 16.0. The Balaban J connectivity index is 1.69. The van der Waals surface area contributed by atoms with E-state index in [1.165, 1.54) is 4.90 Å². The highest BCUT2D eigenvalue weighted by atomic mass is 32.2. The molecule has 138 valence electrons. The van der Waals surface area contributed by atoms with Crippen LogP contribution in [0.2, 0.25) is 0 Å². The Kier molecular flexibility index (Phi) is 5.56. The lowest BCUT2D eigenvalue weighted by atomic mass is 10.2. The number of carbonyl (C=O) groups excluding carboxylic acids is 1. The SMILES string of the molecule is Cc1cc(SC(C)(C)C)ccc1NC(=O)N(Cc1cccnc1)C1CC1. The number of nitrogens with zero attached hydrogens (tertiary/aromatic N) is 2. The zero-order valence-corrected chi connectivity index (χ0v) is 16.8. The Hall–Kier alpha value is -2.01. The first-order valence-corrected chi connectivity index (χ1v) is 9.90. The van der Waals surface area contributed by atoms with Crippen molar-refractivity contribution in [2.45, 2.75) is 62.8 Å². The number of hydrogen-bond acceptors (Lipinski definition) is 3. The first kappa shape index (κ1) is 18.8. The Labute approximate surface area is 160 Å². The quantitative estimate of drug-likeness (QED) is 0.710. The number of amides is 2. The van der Waals surface area contributed by atoms with Crippen molar-refractivity contribution >= 4 is 23.5 Å². The molecule has 0 radical (unpaired) electrons. The van der Waals surface area contributed by atoms with E-state index in [1.807, 2.05) is 48.0 Å². The standard InChI is InChI=1S/C21H27N3OS/c1-15-12-18(26-21(2,3)4)9-10-19(15)23-20(25)24(17-7-8-17)14-16-6-5-11-22-13-16/h5-6,9-13,17H,7-8,14H2,1-4H3,(H,23,25). The van der Waals surface area contributed by atoms with E-state index in [9.17, 15) is 4.79 Å². The predicted octanol–water partition coefficient (Wildman–Crippen LogP) is 5.48. The summed E-state index contributed by atoms with van der Waals surface area (Å²) in [6.07, 6.45) is 5.74. The van der Waals surface area contributed by atoms with Crippen LogP contribution in [0.3, 0.4) is 0 Å². The van der Waals surface area contributed by atoms with Gasteiger partial charge in [0.1, 0.15) is 0 Å². The second kappa shape index (κ2) is 7.70. The molecule has 0 unspecified atom stereocenters. The molecule has 0 atom stereocenters. The van der Waals surface area contributed by atoms with Crippen LogP contribution >= 0.6 is 11.8 Å². The number of aryl methyl sites for hydroxylation is 1. The molecule has 5 heteroatoms. The fraction of sp³-hybridized carbons (Fsp3) is 0.429. The lowest BCUT2D eigenvalue weighted by molar-refractivity contribution is 0.206. The molecule has 1 heterocycles. The van der Waals surface area contributed by atoms with Gasteiger partial charge in [-0.1, -0.05) is 26.8 Å². The Morgan fingerprint density at radius 1 is 1.31 bits per heavy atom. The van der Waals surface area contributed by atoms with Crippen molar-refractivity contribution in [3.05, 3.63) is 53.9 Å². The lowest BCUT2D eigenvalue weighted by Crippen LogP contribution is -2.36. The maximum atomic E-state index is 12.9. The van der Waals surface area contributed by atoms with Gasteiger partial charge in [0.05, 0.1) is 0 Å². The van der Waals surface area contributed by atoms with Crippen molar-refractivity contribution in [3.8, 4) is 0 Å². The van der Waals surface area contributed by atoms with E-state index >= 15 is 0 Å². The van der Waals surface area contributed by atoms with Crippen LogP contribution in [0, 0.1) is 6.92 Å². The van der Waals surface area contributed by atoms with Gasteiger partial charge >= 0.3 is 6.03 Å². The molecule has 1 saturated carbocycles. The van der Waals surface area contributed by atoms with E-state index in [2.05, 4.69) is 43.2 Å². The van der Waals surface area contributed by atoms with Crippen LogP contribution in [-0.4, -0.2) is 26.7 Å². The van der Waals surface area contributed by atoms with E-state index in [-0.39, 0.29) is 10.8 Å². The Bertz CT molecular complexity index is 767. The smallest absolute Gasteiger partial charge is 0.317 e. The second-order valence-corrected chi connectivity index (χ2v) is 9.74. The van der Waals surface area contributed by atoms with Crippen LogP contribution in [0.15, 0.2) is 47.6 Å². The van der Waals surface area contributed by atoms with E-state index in [4.69, 9.17) is 0 Å². The van der Waals surface area contributed by atoms with E-state index in [1.54, 1.807) is 6.20 Å². The molecular weight excluding hydrogens is 342 g/mol. The van der Waals surface area contributed by atoms with Crippen molar-refractivity contribution < 1.29 is 4.79 Å². The van der Waals surface area contributed by atoms with E-state index < -0.39 is 0 Å². The highest BCUT2D eigenvalue weighted by Gasteiger charge is 2.32. The normalized spacial score (nSPS) is 14.2. The summed E-state index contributed by atoms with van der Waals surface area (Å²) in [6.45, 7) is 9.25. The molecule has 0 aliphatic heterocycles. The van der Waals surface area contributed by atoms with Crippen LogP contribution in [-0.2, 0) is 6.54 Å². The maximum Gasteiger partial charge on any atom is 0.322 e. The van der Waals surface area contributed by atoms with Crippen LogP contribution in [0.25, 0.3) is 0 Å². The van der Waals surface area contributed by atoms with Crippen molar-refractivity contribution in [3.63, 3.8) is 0 Å². The van der Waals surface area contributed by atoms with Gasteiger partial charge in [0.25, 0.3) is 0 Å². The molecule has 1 aliphatic carbocycles. The number of carbonyl (C=O) groups is 1. The van der Waals surface area contributed by atoms with Crippen LogP contribution in [0.1, 0.15) is 44.7 Å². The minimum Gasteiger partial charge on any atom is -0.317 e. The largest absolute Gasteiger partial charge is 0.322 e. The molecule has 0 spiro atoms. The van der Waals surface area contributed by atoms with Crippen LogP contribution < -0.4 is 5.32 Å². The maximum absolute atomic E-state index is 12.9. The molecule has 1 aliphatic rings. The average molecular weight is 370 g/mol. The molecule has 4 nitrogen and oxygen atoms in total. The third kappa shape index (κ3) is 5.24. The second-order valence-electron chi connectivity index (χ2n) is 7.84. The molecule has 1 aromatic heterocycles. The number of aromatic nitrogens is 1. The molecule has 0 saturated heterocycles. The Morgan fingerprint density at radius 3 is 2.65 bits per heavy atom. The average Bonchev–Trinajstić information content (AvgIpc) is 3.39. The lowest BCUT2D eigenvalue weighted by Gasteiger charge is -2.24. The molecule has 0 bridgehead atoms. The summed E-state index contributed by atoms with van der Waals surface area (Å²) < 4.78 is 0.170. The highest BCUT2D eigenvalue weighted by Crippen LogP contribution is 2.34. The minimum atomic E-state index is -0.0318. The van der Waals surface area contributed by atoms with E-state index in [0.29, 0.717) is 12.6 Å². The van der Waals surface area contributed by atoms with Crippen molar-refractivity contribution in [1.29, 1.82) is 0 Å². The van der Waals surface area contributed by atoms with Crippen molar-refractivity contribution in [1.82, 2.24) is 9.88 Å². The highest BCUT2D eigenvalue weighted by molar-refractivity contribution is 8.00. The summed E-state index contributed by atoms with van der Waals surface area (Å²) in [5, 5.41) is 3.10. The summed E-state index contributed by atoms with van der Waals surface area (Å²) in [5.74, 6) is 0. The third-order valence-corrected chi connectivity index (χ3v) is 5.29. The fourth-order valence-corrected chi connectivity index (χ4v) is 3.90. The fourth-order valence-electron chi connectivity index (χ4n) is 2.82. The van der Waals surface area contributed by atoms with Crippen LogP contribution in [0.4, 0.5) is 10.5 Å². The van der Waals surface area contributed by atoms with Crippen molar-refractivity contribution in [2.24, 2.45) is 0 Å². The summed E-state index contributed by atoms with van der Waals surface area (Å²) >= 11 is 1.84. The molecule has 2 amide bonds. The number of hydrogen-bond donors (Lipinski definition) is 1. The van der Waals surface area contributed by atoms with Crippen LogP contribution in [0.5, 0.6) is 0 Å². The number of urea groups is 1. The topological polar surface area (TPSA) is 45.2 Å². The van der Waals surface area contributed by atoms with Gasteiger partial charge < -0.3 is 10.2 Å². The summed E-state index contributed by atoms with van der Waals surface area (Å²) in [7, 11) is 0. The van der Waals surface area contributed by atoms with Gasteiger partial charge in [-0.2, -0.15) is 0 Å². The number of anilines is 1. The third-order valence-electron chi connectivity index (χ3n) is 4.19. The zero-order chi connectivity index (χ0) is 18.7. The molecular formula is C21H27N3OS. The molecule has 2 aromatic rings. The van der Waals surface area contributed by atoms with Gasteiger partial charge in [-0.05, 0) is 55.2 Å². The predicted molar refractivity (Wildman–Crippen MR) is 109 cm³/mol. The van der Waals surface area contributed by atoms with Gasteiger partial charge in [0, 0.05) is 40.3 Å². The van der Waals surface area contributed by atoms with Gasteiger partial charge in [0.15, 0.2) is 0 Å². The molecule has 26 heavy (non-hydrogen) atoms. The van der Waals surface area contributed by atoms with Gasteiger partial charge in [-0.3, -0.25) is 4.98 Å².